The van der Waals surface area contributed by atoms with Crippen LogP contribution in [-0.4, -0.2) is 35.1 Å². The second-order valence-electron chi connectivity index (χ2n) is 7.00. The third kappa shape index (κ3) is 2.69. The van der Waals surface area contributed by atoms with E-state index in [1.807, 2.05) is 18.3 Å². The van der Waals surface area contributed by atoms with Gasteiger partial charge in [0.05, 0.1) is 28.2 Å². The first-order valence-electron chi connectivity index (χ1n) is 9.42. The first-order valence-corrected chi connectivity index (χ1v) is 10.2. The number of H-pyrrole nitrogens is 2. The van der Waals surface area contributed by atoms with Gasteiger partial charge in [-0.15, -0.1) is 11.3 Å². The van der Waals surface area contributed by atoms with E-state index < -0.39 is 0 Å². The van der Waals surface area contributed by atoms with Crippen LogP contribution in [0.1, 0.15) is 4.88 Å². The molecule has 6 rings (SSSR count). The molecule has 30 heavy (non-hydrogen) atoms. The van der Waals surface area contributed by atoms with Crippen molar-refractivity contribution in [1.29, 1.82) is 0 Å². The van der Waals surface area contributed by atoms with Gasteiger partial charge in [-0.05, 0) is 37.3 Å². The van der Waals surface area contributed by atoms with Crippen molar-refractivity contribution in [2.75, 3.05) is 0 Å². The van der Waals surface area contributed by atoms with E-state index in [2.05, 4.69) is 60.2 Å². The topological polar surface area (TPSA) is 96.0 Å². The first kappa shape index (κ1) is 17.0. The molecule has 144 valence electrons. The van der Waals surface area contributed by atoms with Crippen molar-refractivity contribution in [3.05, 3.63) is 66.2 Å². The fourth-order valence-corrected chi connectivity index (χ4v) is 4.51. The van der Waals surface area contributed by atoms with Gasteiger partial charge in [-0.3, -0.25) is 20.1 Å². The predicted molar refractivity (Wildman–Crippen MR) is 118 cm³/mol. The van der Waals surface area contributed by atoms with Crippen LogP contribution in [0.15, 0.2) is 61.3 Å². The Labute approximate surface area is 174 Å². The molecule has 0 saturated carbocycles. The van der Waals surface area contributed by atoms with Crippen molar-refractivity contribution < 1.29 is 0 Å². The molecule has 0 unspecified atom stereocenters. The van der Waals surface area contributed by atoms with Crippen LogP contribution in [0.4, 0.5) is 0 Å². The molecule has 0 aliphatic carbocycles. The normalized spacial score (nSPS) is 11.5. The summed E-state index contributed by atoms with van der Waals surface area (Å²) in [7, 11) is 0. The number of nitrogens with zero attached hydrogens (tertiary/aromatic N) is 5. The van der Waals surface area contributed by atoms with Gasteiger partial charge in [0, 0.05) is 51.5 Å². The fourth-order valence-electron chi connectivity index (χ4n) is 3.64. The lowest BCUT2D eigenvalue weighted by Gasteiger charge is -2.00. The van der Waals surface area contributed by atoms with Crippen LogP contribution in [-0.2, 0) is 0 Å². The second kappa shape index (κ2) is 6.57. The highest BCUT2D eigenvalue weighted by molar-refractivity contribution is 7.15. The van der Waals surface area contributed by atoms with E-state index >= 15 is 0 Å². The van der Waals surface area contributed by atoms with Gasteiger partial charge in [-0.2, -0.15) is 5.10 Å². The van der Waals surface area contributed by atoms with Crippen LogP contribution in [0.3, 0.4) is 0 Å². The fraction of sp³-hybridized carbons (Fsp3) is 0.0455. The number of hydrogen-bond acceptors (Lipinski definition) is 6. The summed E-state index contributed by atoms with van der Waals surface area (Å²) in [5.41, 5.74) is 6.12. The number of hydrogen-bond donors (Lipinski definition) is 2. The summed E-state index contributed by atoms with van der Waals surface area (Å²) in [5.74, 6) is 0. The Bertz CT molecular complexity index is 1510. The zero-order valence-electron chi connectivity index (χ0n) is 15.9. The third-order valence-electron chi connectivity index (χ3n) is 5.05. The standard InChI is InChI=1S/C22H15N7S/c1-12-2-3-19(30-12)21-14-9-17(27-16(14)4-5-25-21)20-15-8-13(10-26-22(15)29-28-20)18-11-23-6-7-24-18/h2-11,27H,1H3,(H,26,28,29). The zero-order valence-corrected chi connectivity index (χ0v) is 16.7. The largest absolute Gasteiger partial charge is 0.353 e. The van der Waals surface area contributed by atoms with Crippen molar-refractivity contribution >= 4 is 33.3 Å². The molecule has 0 aliphatic rings. The van der Waals surface area contributed by atoms with E-state index in [9.17, 15) is 0 Å². The molecule has 0 atom stereocenters. The Kier molecular flexibility index (Phi) is 3.72. The van der Waals surface area contributed by atoms with Crippen LogP contribution in [0.25, 0.3) is 55.2 Å². The van der Waals surface area contributed by atoms with E-state index in [0.717, 1.165) is 55.2 Å². The van der Waals surface area contributed by atoms with Gasteiger partial charge in [0.25, 0.3) is 0 Å². The number of aromatic amines is 2. The molecule has 8 heteroatoms. The number of rotatable bonds is 3. The van der Waals surface area contributed by atoms with Gasteiger partial charge in [0.1, 0.15) is 5.69 Å². The molecular weight excluding hydrogens is 394 g/mol. The second-order valence-corrected chi connectivity index (χ2v) is 8.29. The zero-order chi connectivity index (χ0) is 20.1. The van der Waals surface area contributed by atoms with E-state index in [0.29, 0.717) is 0 Å². The number of thiophene rings is 1. The van der Waals surface area contributed by atoms with Crippen molar-refractivity contribution in [2.45, 2.75) is 6.92 Å². The summed E-state index contributed by atoms with van der Waals surface area (Å²) in [4.78, 5) is 23.6. The van der Waals surface area contributed by atoms with Crippen molar-refractivity contribution in [3.63, 3.8) is 0 Å². The van der Waals surface area contributed by atoms with E-state index in [4.69, 9.17) is 0 Å². The summed E-state index contributed by atoms with van der Waals surface area (Å²) in [6.45, 7) is 2.11. The van der Waals surface area contributed by atoms with Gasteiger partial charge < -0.3 is 4.98 Å². The minimum absolute atomic E-state index is 0.725. The predicted octanol–water partition coefficient (Wildman–Crippen LogP) is 5.00. The highest BCUT2D eigenvalue weighted by Crippen LogP contribution is 2.35. The Morgan fingerprint density at radius 3 is 2.67 bits per heavy atom. The smallest absolute Gasteiger partial charge is 0.155 e. The van der Waals surface area contributed by atoms with Crippen molar-refractivity contribution in [1.82, 2.24) is 35.1 Å². The molecule has 0 aliphatic heterocycles. The summed E-state index contributed by atoms with van der Waals surface area (Å²) >= 11 is 1.74. The highest BCUT2D eigenvalue weighted by Gasteiger charge is 2.16. The average molecular weight is 409 g/mol. The molecule has 0 fully saturated rings. The molecule has 0 radical (unpaired) electrons. The Balaban J connectivity index is 1.52. The number of nitrogens with one attached hydrogen (secondary N) is 2. The van der Waals surface area contributed by atoms with Gasteiger partial charge >= 0.3 is 0 Å². The summed E-state index contributed by atoms with van der Waals surface area (Å²) in [6.07, 6.45) is 8.68. The lowest BCUT2D eigenvalue weighted by Crippen LogP contribution is -1.86. The monoisotopic (exact) mass is 409 g/mol. The maximum atomic E-state index is 4.64. The van der Waals surface area contributed by atoms with Gasteiger partial charge in [0.15, 0.2) is 5.65 Å². The quantitative estimate of drug-likeness (QED) is 0.429. The molecule has 6 aromatic rings. The minimum atomic E-state index is 0.725. The lowest BCUT2D eigenvalue weighted by atomic mass is 10.1. The van der Waals surface area contributed by atoms with Crippen LogP contribution in [0, 0.1) is 6.92 Å². The van der Waals surface area contributed by atoms with Crippen LogP contribution < -0.4 is 0 Å². The maximum Gasteiger partial charge on any atom is 0.155 e. The molecule has 2 N–H and O–H groups in total. The summed E-state index contributed by atoms with van der Waals surface area (Å²) < 4.78 is 0. The molecule has 6 heterocycles. The maximum absolute atomic E-state index is 4.64. The van der Waals surface area contributed by atoms with Crippen molar-refractivity contribution in [2.24, 2.45) is 0 Å². The Morgan fingerprint density at radius 2 is 1.83 bits per heavy atom. The summed E-state index contributed by atoms with van der Waals surface area (Å²) in [5, 5.41) is 9.55. The molecule has 6 aromatic heterocycles. The molecular formula is C22H15N7S. The van der Waals surface area contributed by atoms with E-state index in [1.165, 1.54) is 4.88 Å². The number of fused-ring (bicyclic) bond motifs is 2. The molecule has 0 spiro atoms. The van der Waals surface area contributed by atoms with Gasteiger partial charge in [-0.25, -0.2) is 4.98 Å². The van der Waals surface area contributed by atoms with Crippen LogP contribution in [0.5, 0.6) is 0 Å². The molecule has 0 amide bonds. The molecule has 7 nitrogen and oxygen atoms in total. The highest BCUT2D eigenvalue weighted by atomic mass is 32.1. The number of aryl methyl sites for hydroxylation is 1. The average Bonchev–Trinajstić information content (AvgIpc) is 3.51. The van der Waals surface area contributed by atoms with Gasteiger partial charge in [-0.1, -0.05) is 0 Å². The lowest BCUT2D eigenvalue weighted by molar-refractivity contribution is 1.10. The van der Waals surface area contributed by atoms with Crippen LogP contribution >= 0.6 is 11.3 Å². The SMILES string of the molecule is Cc1ccc(-c2nccc3[nH]c(-c4n[nH]c5ncc(-c6cnccn6)cc45)cc23)s1. The summed E-state index contributed by atoms with van der Waals surface area (Å²) in [6, 6.07) is 10.4. The molecule has 0 saturated heterocycles. The molecule has 0 aromatic carbocycles. The molecule has 0 bridgehead atoms. The first-order chi connectivity index (χ1) is 14.8. The van der Waals surface area contributed by atoms with E-state index in [-0.39, 0.29) is 0 Å². The van der Waals surface area contributed by atoms with Gasteiger partial charge in [0.2, 0.25) is 0 Å². The van der Waals surface area contributed by atoms with E-state index in [1.54, 1.807) is 36.1 Å². The Hall–Kier alpha value is -3.91. The minimum Gasteiger partial charge on any atom is -0.353 e. The third-order valence-corrected chi connectivity index (χ3v) is 6.06. The van der Waals surface area contributed by atoms with Crippen molar-refractivity contribution in [3.8, 4) is 33.2 Å². The number of aromatic nitrogens is 7. The Morgan fingerprint density at radius 1 is 0.867 bits per heavy atom. The van der Waals surface area contributed by atoms with Crippen LogP contribution in [0.2, 0.25) is 0 Å². The number of pyridine rings is 2.